The summed E-state index contributed by atoms with van der Waals surface area (Å²) in [7, 11) is 2.06. The fourth-order valence-electron chi connectivity index (χ4n) is 1.97. The van der Waals surface area contributed by atoms with Crippen LogP contribution in [0.1, 0.15) is 19.3 Å². The zero-order chi connectivity index (χ0) is 13.8. The fourth-order valence-corrected chi connectivity index (χ4v) is 2.09. The van der Waals surface area contributed by atoms with E-state index < -0.39 is 0 Å². The first-order chi connectivity index (χ1) is 9.04. The van der Waals surface area contributed by atoms with E-state index in [1.807, 2.05) is 0 Å². The van der Waals surface area contributed by atoms with Crippen molar-refractivity contribution in [3.8, 4) is 0 Å². The van der Waals surface area contributed by atoms with E-state index in [4.69, 9.17) is 17.3 Å². The van der Waals surface area contributed by atoms with Crippen LogP contribution in [0, 0.1) is 5.92 Å². The van der Waals surface area contributed by atoms with Gasteiger partial charge in [0.05, 0.1) is 10.7 Å². The lowest BCUT2D eigenvalue weighted by molar-refractivity contribution is -0.116. The summed E-state index contributed by atoms with van der Waals surface area (Å²) in [5, 5.41) is 3.33. The molecule has 19 heavy (non-hydrogen) atoms. The standard InChI is InChI=1S/C14H20ClN3O/c1-18(9-10-2-3-10)7-6-14(19)17-11-4-5-12(15)13(16)8-11/h4-5,8,10H,2-3,6-7,9,16H2,1H3,(H,17,19). The number of halogens is 1. The number of rotatable bonds is 6. The number of anilines is 2. The van der Waals surface area contributed by atoms with Gasteiger partial charge in [0.2, 0.25) is 5.91 Å². The summed E-state index contributed by atoms with van der Waals surface area (Å²) in [4.78, 5) is 14.0. The molecule has 1 aliphatic carbocycles. The number of nitrogens with zero attached hydrogens (tertiary/aromatic N) is 1. The van der Waals surface area contributed by atoms with Gasteiger partial charge in [-0.15, -0.1) is 0 Å². The van der Waals surface area contributed by atoms with Gasteiger partial charge in [-0.2, -0.15) is 0 Å². The molecule has 0 saturated heterocycles. The third-order valence-electron chi connectivity index (χ3n) is 3.27. The molecule has 1 amide bonds. The Morgan fingerprint density at radius 1 is 1.53 bits per heavy atom. The van der Waals surface area contributed by atoms with E-state index in [0.29, 0.717) is 22.8 Å². The lowest BCUT2D eigenvalue weighted by Crippen LogP contribution is -2.26. The van der Waals surface area contributed by atoms with E-state index in [-0.39, 0.29) is 5.91 Å². The SMILES string of the molecule is CN(CCC(=O)Nc1ccc(Cl)c(N)c1)CC1CC1. The van der Waals surface area contributed by atoms with Crippen LogP contribution < -0.4 is 11.1 Å². The van der Waals surface area contributed by atoms with Gasteiger partial charge in [-0.1, -0.05) is 11.6 Å². The fraction of sp³-hybridized carbons (Fsp3) is 0.500. The first-order valence-electron chi connectivity index (χ1n) is 6.58. The van der Waals surface area contributed by atoms with Crippen LogP contribution in [-0.2, 0) is 4.79 Å². The minimum Gasteiger partial charge on any atom is -0.397 e. The van der Waals surface area contributed by atoms with Gasteiger partial charge in [-0.3, -0.25) is 4.79 Å². The van der Waals surface area contributed by atoms with E-state index in [2.05, 4.69) is 17.3 Å². The molecule has 0 aromatic heterocycles. The molecule has 1 saturated carbocycles. The van der Waals surface area contributed by atoms with Gasteiger partial charge < -0.3 is 16.0 Å². The van der Waals surface area contributed by atoms with Crippen LogP contribution in [0.25, 0.3) is 0 Å². The molecular weight excluding hydrogens is 262 g/mol. The molecule has 5 heteroatoms. The minimum atomic E-state index is 0.00405. The maximum absolute atomic E-state index is 11.8. The number of hydrogen-bond acceptors (Lipinski definition) is 3. The molecule has 0 unspecified atom stereocenters. The highest BCUT2D eigenvalue weighted by Crippen LogP contribution is 2.29. The molecular formula is C14H20ClN3O. The van der Waals surface area contributed by atoms with Crippen molar-refractivity contribution in [3.63, 3.8) is 0 Å². The molecule has 0 aliphatic heterocycles. The Morgan fingerprint density at radius 3 is 2.89 bits per heavy atom. The maximum atomic E-state index is 11.8. The summed E-state index contributed by atoms with van der Waals surface area (Å²) >= 11 is 5.83. The predicted molar refractivity (Wildman–Crippen MR) is 79.3 cm³/mol. The first kappa shape index (κ1) is 14.2. The smallest absolute Gasteiger partial charge is 0.225 e. The molecule has 1 aromatic rings. The van der Waals surface area contributed by atoms with Crippen molar-refractivity contribution in [1.82, 2.24) is 4.90 Å². The monoisotopic (exact) mass is 281 g/mol. The van der Waals surface area contributed by atoms with Crippen LogP contribution in [-0.4, -0.2) is 30.9 Å². The summed E-state index contributed by atoms with van der Waals surface area (Å²) in [5.74, 6) is 0.855. The number of nitrogens with one attached hydrogen (secondary N) is 1. The van der Waals surface area contributed by atoms with Crippen LogP contribution in [0.3, 0.4) is 0 Å². The topological polar surface area (TPSA) is 58.4 Å². The molecule has 2 rings (SSSR count). The lowest BCUT2D eigenvalue weighted by atomic mass is 10.2. The van der Waals surface area contributed by atoms with Gasteiger partial charge in [-0.05, 0) is 44.0 Å². The highest BCUT2D eigenvalue weighted by Gasteiger charge is 2.22. The molecule has 1 aliphatic rings. The number of carbonyl (C=O) groups excluding carboxylic acids is 1. The lowest BCUT2D eigenvalue weighted by Gasteiger charge is -2.15. The zero-order valence-electron chi connectivity index (χ0n) is 11.2. The Balaban J connectivity index is 1.75. The zero-order valence-corrected chi connectivity index (χ0v) is 11.9. The van der Waals surface area contributed by atoms with E-state index >= 15 is 0 Å². The normalized spacial score (nSPS) is 14.7. The second-order valence-corrected chi connectivity index (χ2v) is 5.65. The quantitative estimate of drug-likeness (QED) is 0.788. The van der Waals surface area contributed by atoms with E-state index in [9.17, 15) is 4.79 Å². The third-order valence-corrected chi connectivity index (χ3v) is 3.61. The van der Waals surface area contributed by atoms with Crippen molar-refractivity contribution >= 4 is 28.9 Å². The van der Waals surface area contributed by atoms with Gasteiger partial charge in [0.15, 0.2) is 0 Å². The second-order valence-electron chi connectivity index (χ2n) is 5.24. The maximum Gasteiger partial charge on any atom is 0.225 e. The molecule has 1 aromatic carbocycles. The van der Waals surface area contributed by atoms with Gasteiger partial charge in [0.25, 0.3) is 0 Å². The van der Waals surface area contributed by atoms with Crippen molar-refractivity contribution in [3.05, 3.63) is 23.2 Å². The van der Waals surface area contributed by atoms with Crippen LogP contribution >= 0.6 is 11.6 Å². The molecule has 0 radical (unpaired) electrons. The van der Waals surface area contributed by atoms with E-state index in [1.54, 1.807) is 18.2 Å². The molecule has 0 atom stereocenters. The Labute approximate surface area is 118 Å². The molecule has 104 valence electrons. The minimum absolute atomic E-state index is 0.00405. The highest BCUT2D eigenvalue weighted by atomic mass is 35.5. The van der Waals surface area contributed by atoms with Crippen molar-refractivity contribution in [2.24, 2.45) is 5.92 Å². The first-order valence-corrected chi connectivity index (χ1v) is 6.96. The van der Waals surface area contributed by atoms with Gasteiger partial charge >= 0.3 is 0 Å². The highest BCUT2D eigenvalue weighted by molar-refractivity contribution is 6.33. The molecule has 4 nitrogen and oxygen atoms in total. The van der Waals surface area contributed by atoms with Crippen LogP contribution in [0.15, 0.2) is 18.2 Å². The Kier molecular flexibility index (Phi) is 4.66. The molecule has 3 N–H and O–H groups in total. The van der Waals surface area contributed by atoms with E-state index in [0.717, 1.165) is 19.0 Å². The molecule has 0 spiro atoms. The second kappa shape index (κ2) is 6.26. The number of benzene rings is 1. The van der Waals surface area contributed by atoms with Gasteiger partial charge in [0.1, 0.15) is 0 Å². The summed E-state index contributed by atoms with van der Waals surface area (Å²) in [5.41, 5.74) is 6.86. The number of carbonyl (C=O) groups is 1. The number of amides is 1. The van der Waals surface area contributed by atoms with Crippen molar-refractivity contribution in [2.45, 2.75) is 19.3 Å². The van der Waals surface area contributed by atoms with Gasteiger partial charge in [-0.25, -0.2) is 0 Å². The van der Waals surface area contributed by atoms with Crippen LogP contribution in [0.2, 0.25) is 5.02 Å². The molecule has 1 fully saturated rings. The summed E-state index contributed by atoms with van der Waals surface area (Å²) in [6, 6.07) is 5.12. The number of nitrogens with two attached hydrogens (primary N) is 1. The average Bonchev–Trinajstić information content (AvgIpc) is 3.15. The van der Waals surface area contributed by atoms with E-state index in [1.165, 1.54) is 12.8 Å². The molecule has 0 bridgehead atoms. The van der Waals surface area contributed by atoms with Crippen LogP contribution in [0.4, 0.5) is 11.4 Å². The number of nitrogen functional groups attached to an aromatic ring is 1. The van der Waals surface area contributed by atoms with Gasteiger partial charge in [0, 0.05) is 25.2 Å². The van der Waals surface area contributed by atoms with Crippen molar-refractivity contribution < 1.29 is 4.79 Å². The van der Waals surface area contributed by atoms with Crippen LogP contribution in [0.5, 0.6) is 0 Å². The average molecular weight is 282 g/mol. The van der Waals surface area contributed by atoms with Crippen molar-refractivity contribution in [1.29, 1.82) is 0 Å². The Hall–Kier alpha value is -1.26. The number of hydrogen-bond donors (Lipinski definition) is 2. The molecule has 0 heterocycles. The summed E-state index contributed by atoms with van der Waals surface area (Å²) in [6.07, 6.45) is 3.16. The largest absolute Gasteiger partial charge is 0.397 e. The third kappa shape index (κ3) is 4.73. The van der Waals surface area contributed by atoms with Crippen molar-refractivity contribution in [2.75, 3.05) is 31.2 Å². The predicted octanol–water partition coefficient (Wildman–Crippen LogP) is 2.59. The summed E-state index contributed by atoms with van der Waals surface area (Å²) in [6.45, 7) is 1.88. The summed E-state index contributed by atoms with van der Waals surface area (Å²) < 4.78 is 0. The Bertz CT molecular complexity index is 460. The Morgan fingerprint density at radius 2 is 2.26 bits per heavy atom.